The Hall–Kier alpha value is -1.32. The number of benzene rings is 1. The molecule has 3 rings (SSSR count). The molecule has 1 aromatic heterocycles. The molecule has 0 fully saturated rings. The molecule has 2 aromatic rings. The fraction of sp³-hybridized carbons (Fsp3) is 0.412. The van der Waals surface area contributed by atoms with Gasteiger partial charge < -0.3 is 10.2 Å². The molecule has 0 bridgehead atoms. The van der Waals surface area contributed by atoms with Crippen LogP contribution in [0.25, 0.3) is 0 Å². The first kappa shape index (κ1) is 13.7. The second kappa shape index (κ2) is 5.58. The third-order valence-corrected chi connectivity index (χ3v) is 5.23. The lowest BCUT2D eigenvalue weighted by molar-refractivity contribution is 0.631. The van der Waals surface area contributed by atoms with E-state index in [-0.39, 0.29) is 0 Å². The first-order valence-electron chi connectivity index (χ1n) is 7.27. The zero-order valence-corrected chi connectivity index (χ0v) is 13.3. The third-order valence-electron chi connectivity index (χ3n) is 4.23. The monoisotopic (exact) mass is 286 g/mol. The highest BCUT2D eigenvalue weighted by Crippen LogP contribution is 2.37. The summed E-state index contributed by atoms with van der Waals surface area (Å²) in [6, 6.07) is 9.62. The number of thiophene rings is 1. The van der Waals surface area contributed by atoms with Gasteiger partial charge in [0.05, 0.1) is 6.04 Å². The van der Waals surface area contributed by atoms with Crippen molar-refractivity contribution in [1.82, 2.24) is 5.32 Å². The zero-order valence-electron chi connectivity index (χ0n) is 12.4. The van der Waals surface area contributed by atoms with Gasteiger partial charge in [0.15, 0.2) is 0 Å². The molecule has 0 aliphatic carbocycles. The van der Waals surface area contributed by atoms with Gasteiger partial charge in [-0.05, 0) is 61.5 Å². The van der Waals surface area contributed by atoms with E-state index in [0.717, 1.165) is 13.1 Å². The molecule has 0 amide bonds. The Morgan fingerprint density at radius 1 is 1.35 bits per heavy atom. The summed E-state index contributed by atoms with van der Waals surface area (Å²) in [5.74, 6) is 0. The van der Waals surface area contributed by atoms with Crippen LogP contribution in [0.4, 0.5) is 5.69 Å². The minimum absolute atomic E-state index is 0.485. The summed E-state index contributed by atoms with van der Waals surface area (Å²) in [7, 11) is 1.99. The van der Waals surface area contributed by atoms with Crippen molar-refractivity contribution in [1.29, 1.82) is 0 Å². The van der Waals surface area contributed by atoms with Gasteiger partial charge in [0, 0.05) is 23.7 Å². The van der Waals surface area contributed by atoms with E-state index in [2.05, 4.69) is 53.7 Å². The van der Waals surface area contributed by atoms with E-state index < -0.39 is 0 Å². The highest BCUT2D eigenvalue weighted by Gasteiger charge is 2.25. The molecule has 1 atom stereocenters. The minimum Gasteiger partial charge on any atom is -0.364 e. The van der Waals surface area contributed by atoms with Crippen molar-refractivity contribution in [3.63, 3.8) is 0 Å². The Labute approximate surface area is 125 Å². The molecule has 106 valence electrons. The Bertz CT molecular complexity index is 603. The second-order valence-electron chi connectivity index (χ2n) is 5.57. The van der Waals surface area contributed by atoms with Crippen LogP contribution in [0.15, 0.2) is 29.6 Å². The van der Waals surface area contributed by atoms with Gasteiger partial charge in [0.1, 0.15) is 0 Å². The molecule has 2 nitrogen and oxygen atoms in total. The lowest BCUT2D eigenvalue weighted by atomic mass is 9.99. The maximum absolute atomic E-state index is 3.22. The van der Waals surface area contributed by atoms with Gasteiger partial charge in [0.2, 0.25) is 0 Å². The number of aryl methyl sites for hydroxylation is 1. The van der Waals surface area contributed by atoms with Crippen LogP contribution in [0.1, 0.15) is 34.5 Å². The molecule has 20 heavy (non-hydrogen) atoms. The quantitative estimate of drug-likeness (QED) is 0.920. The second-order valence-corrected chi connectivity index (χ2v) is 6.57. The number of fused-ring (bicyclic) bond motifs is 1. The van der Waals surface area contributed by atoms with Gasteiger partial charge >= 0.3 is 0 Å². The fourth-order valence-corrected chi connectivity index (χ4v) is 4.16. The smallest absolute Gasteiger partial charge is 0.0525 e. The maximum atomic E-state index is 3.22. The maximum Gasteiger partial charge on any atom is 0.0525 e. The standard InChI is InChI=1S/C17H22N2S/c1-12-10-14(11-18-3)4-5-16(12)19-8-6-17-15(13(19)2)7-9-20-17/h4-5,7,9-10,13,18H,6,8,11H2,1-3H3. The molecular formula is C17H22N2S. The number of hydrogen-bond acceptors (Lipinski definition) is 3. The van der Waals surface area contributed by atoms with Crippen molar-refractivity contribution in [2.24, 2.45) is 0 Å². The van der Waals surface area contributed by atoms with Crippen LogP contribution in [-0.2, 0) is 13.0 Å². The largest absolute Gasteiger partial charge is 0.364 e. The first-order valence-corrected chi connectivity index (χ1v) is 8.15. The van der Waals surface area contributed by atoms with Crippen LogP contribution < -0.4 is 10.2 Å². The molecule has 0 spiro atoms. The summed E-state index contributed by atoms with van der Waals surface area (Å²) in [5, 5.41) is 5.45. The Morgan fingerprint density at radius 3 is 2.95 bits per heavy atom. The van der Waals surface area contributed by atoms with Gasteiger partial charge in [-0.2, -0.15) is 0 Å². The van der Waals surface area contributed by atoms with E-state index in [1.54, 1.807) is 4.88 Å². The van der Waals surface area contributed by atoms with Crippen LogP contribution in [0.5, 0.6) is 0 Å². The van der Waals surface area contributed by atoms with Gasteiger partial charge in [-0.15, -0.1) is 11.3 Å². The molecule has 1 aliphatic rings. The molecule has 0 saturated heterocycles. The number of rotatable bonds is 3. The van der Waals surface area contributed by atoms with Crippen molar-refractivity contribution in [2.45, 2.75) is 32.9 Å². The normalized spacial score (nSPS) is 18.1. The average Bonchev–Trinajstić information content (AvgIpc) is 2.90. The summed E-state index contributed by atoms with van der Waals surface area (Å²) >= 11 is 1.90. The van der Waals surface area contributed by atoms with E-state index in [0.29, 0.717) is 6.04 Å². The first-order chi connectivity index (χ1) is 9.70. The topological polar surface area (TPSA) is 15.3 Å². The number of nitrogens with zero attached hydrogens (tertiary/aromatic N) is 1. The van der Waals surface area contributed by atoms with E-state index in [9.17, 15) is 0 Å². The summed E-state index contributed by atoms with van der Waals surface area (Å²) in [6.45, 7) is 6.61. The highest BCUT2D eigenvalue weighted by atomic mass is 32.1. The Morgan fingerprint density at radius 2 is 2.20 bits per heavy atom. The van der Waals surface area contributed by atoms with Crippen molar-refractivity contribution in [3.8, 4) is 0 Å². The number of nitrogens with one attached hydrogen (secondary N) is 1. The van der Waals surface area contributed by atoms with E-state index >= 15 is 0 Å². The average molecular weight is 286 g/mol. The molecule has 1 N–H and O–H groups in total. The third kappa shape index (κ3) is 2.36. The van der Waals surface area contributed by atoms with Gasteiger partial charge in [-0.3, -0.25) is 0 Å². The van der Waals surface area contributed by atoms with Gasteiger partial charge in [-0.1, -0.05) is 12.1 Å². The van der Waals surface area contributed by atoms with E-state index in [1.165, 1.54) is 28.8 Å². The van der Waals surface area contributed by atoms with Crippen LogP contribution in [0, 0.1) is 6.92 Å². The SMILES string of the molecule is CNCc1ccc(N2CCc3sccc3C2C)c(C)c1. The summed E-state index contributed by atoms with van der Waals surface area (Å²) in [6.07, 6.45) is 1.18. The zero-order chi connectivity index (χ0) is 14.1. The lowest BCUT2D eigenvalue weighted by Gasteiger charge is -2.36. The molecule has 1 aliphatic heterocycles. The molecule has 2 heterocycles. The van der Waals surface area contributed by atoms with E-state index in [1.807, 2.05) is 18.4 Å². The number of hydrogen-bond donors (Lipinski definition) is 1. The van der Waals surface area contributed by atoms with E-state index in [4.69, 9.17) is 0 Å². The Kier molecular flexibility index (Phi) is 3.81. The van der Waals surface area contributed by atoms with Gasteiger partial charge in [-0.25, -0.2) is 0 Å². The van der Waals surface area contributed by atoms with Crippen LogP contribution in [0.3, 0.4) is 0 Å². The summed E-state index contributed by atoms with van der Waals surface area (Å²) < 4.78 is 0. The van der Waals surface area contributed by atoms with Crippen LogP contribution >= 0.6 is 11.3 Å². The van der Waals surface area contributed by atoms with Gasteiger partial charge in [0.25, 0.3) is 0 Å². The number of anilines is 1. The summed E-state index contributed by atoms with van der Waals surface area (Å²) in [4.78, 5) is 4.12. The predicted molar refractivity (Wildman–Crippen MR) is 87.7 cm³/mol. The lowest BCUT2D eigenvalue weighted by Crippen LogP contribution is -2.33. The minimum atomic E-state index is 0.485. The Balaban J connectivity index is 1.90. The fourth-order valence-electron chi connectivity index (χ4n) is 3.19. The molecular weight excluding hydrogens is 264 g/mol. The molecule has 3 heteroatoms. The molecule has 0 saturated carbocycles. The van der Waals surface area contributed by atoms with Crippen LogP contribution in [0.2, 0.25) is 0 Å². The van der Waals surface area contributed by atoms with Crippen molar-refractivity contribution < 1.29 is 0 Å². The van der Waals surface area contributed by atoms with Crippen molar-refractivity contribution in [2.75, 3.05) is 18.5 Å². The van der Waals surface area contributed by atoms with Crippen molar-refractivity contribution in [3.05, 3.63) is 51.2 Å². The summed E-state index contributed by atoms with van der Waals surface area (Å²) in [5.41, 5.74) is 5.63. The van der Waals surface area contributed by atoms with Crippen molar-refractivity contribution >= 4 is 17.0 Å². The highest BCUT2D eigenvalue weighted by molar-refractivity contribution is 7.10. The molecule has 0 radical (unpaired) electrons. The molecule has 1 unspecified atom stereocenters. The van der Waals surface area contributed by atoms with Crippen LogP contribution in [-0.4, -0.2) is 13.6 Å². The predicted octanol–water partition coefficient (Wildman–Crippen LogP) is 3.90. The molecule has 1 aromatic carbocycles.